The van der Waals surface area contributed by atoms with Gasteiger partial charge in [-0.15, -0.1) is 0 Å². The number of para-hydroxylation sites is 1. The molecule has 3 rings (SSSR count). The smallest absolute Gasteiger partial charge is 0.283 e. The Bertz CT molecular complexity index is 944. The van der Waals surface area contributed by atoms with Gasteiger partial charge in [0, 0.05) is 54.9 Å². The highest BCUT2D eigenvalue weighted by Crippen LogP contribution is 2.20. The summed E-state index contributed by atoms with van der Waals surface area (Å²) in [4.78, 5) is 21.2. The van der Waals surface area contributed by atoms with Crippen molar-refractivity contribution in [3.05, 3.63) is 71.0 Å². The molecule has 2 heterocycles. The molecule has 3 aromatic rings. The van der Waals surface area contributed by atoms with Crippen molar-refractivity contribution in [1.82, 2.24) is 19.9 Å². The van der Waals surface area contributed by atoms with Gasteiger partial charge in [0.05, 0.1) is 0 Å². The molecule has 0 aliphatic rings. The highest BCUT2D eigenvalue weighted by Gasteiger charge is 2.14. The maximum atomic E-state index is 12.7. The lowest BCUT2D eigenvalue weighted by molar-refractivity contribution is 0.991. The molecule has 1 aromatic carbocycles. The van der Waals surface area contributed by atoms with Gasteiger partial charge in [0.15, 0.2) is 5.52 Å². The lowest BCUT2D eigenvalue weighted by Gasteiger charge is -2.11. The average Bonchev–Trinajstić information content (AvgIpc) is 2.61. The number of nitrogens with zero attached hydrogens (tertiary/aromatic N) is 3. The number of hydrogen-bond donors (Lipinski definition) is 2. The van der Waals surface area contributed by atoms with E-state index in [9.17, 15) is 4.79 Å². The molecule has 0 atom stereocenters. The average molecular weight is 305 g/mol. The highest BCUT2D eigenvalue weighted by molar-refractivity contribution is 6.12. The van der Waals surface area contributed by atoms with Crippen LogP contribution in [0.1, 0.15) is 5.56 Å². The standard InChI is InChI=1S/C17H15N5O/c1-19-10-12(9-18)14-11-22(13-5-3-2-4-6-13)17(23)16-15(14)20-7-8-21-16/h2-11,18-19H,1H3/b12-10+,18-9?. The summed E-state index contributed by atoms with van der Waals surface area (Å²) in [6.45, 7) is 0. The molecule has 0 saturated carbocycles. The van der Waals surface area contributed by atoms with Gasteiger partial charge in [-0.1, -0.05) is 18.2 Å². The zero-order valence-corrected chi connectivity index (χ0v) is 12.5. The number of pyridine rings is 1. The van der Waals surface area contributed by atoms with Gasteiger partial charge in [-0.2, -0.15) is 0 Å². The van der Waals surface area contributed by atoms with Crippen LogP contribution in [0.4, 0.5) is 0 Å². The topological polar surface area (TPSA) is 83.7 Å². The Kier molecular flexibility index (Phi) is 3.97. The molecule has 23 heavy (non-hydrogen) atoms. The lowest BCUT2D eigenvalue weighted by Crippen LogP contribution is -2.20. The van der Waals surface area contributed by atoms with Gasteiger partial charge in [-0.25, -0.2) is 4.98 Å². The SMILES string of the molecule is CN/C=C(\C=N)c1cn(-c2ccccc2)c(=O)c2nccnc12. The summed E-state index contributed by atoms with van der Waals surface area (Å²) in [5, 5.41) is 10.5. The van der Waals surface area contributed by atoms with Crippen molar-refractivity contribution in [2.45, 2.75) is 0 Å². The van der Waals surface area contributed by atoms with Gasteiger partial charge >= 0.3 is 0 Å². The van der Waals surface area contributed by atoms with E-state index in [-0.39, 0.29) is 11.1 Å². The first kappa shape index (κ1) is 14.6. The maximum absolute atomic E-state index is 12.7. The molecule has 0 fully saturated rings. The second kappa shape index (κ2) is 6.23. The van der Waals surface area contributed by atoms with Crippen LogP contribution in [0.15, 0.2) is 59.9 Å². The predicted octanol–water partition coefficient (Wildman–Crippen LogP) is 1.99. The molecule has 114 valence electrons. The number of fused-ring (bicyclic) bond motifs is 1. The molecule has 0 saturated heterocycles. The largest absolute Gasteiger partial charge is 0.393 e. The molecule has 0 spiro atoms. The van der Waals surface area contributed by atoms with Gasteiger partial charge in [0.1, 0.15) is 5.52 Å². The van der Waals surface area contributed by atoms with E-state index in [2.05, 4.69) is 15.3 Å². The van der Waals surface area contributed by atoms with Crippen LogP contribution < -0.4 is 10.9 Å². The monoisotopic (exact) mass is 305 g/mol. The summed E-state index contributed by atoms with van der Waals surface area (Å²) in [7, 11) is 1.75. The van der Waals surface area contributed by atoms with Gasteiger partial charge in [-0.05, 0) is 12.1 Å². The Morgan fingerprint density at radius 1 is 1.17 bits per heavy atom. The van der Waals surface area contributed by atoms with E-state index in [1.165, 1.54) is 17.0 Å². The number of aromatic nitrogens is 3. The summed E-state index contributed by atoms with van der Waals surface area (Å²) >= 11 is 0. The van der Waals surface area contributed by atoms with Crippen molar-refractivity contribution in [3.63, 3.8) is 0 Å². The Balaban J connectivity index is 2.40. The summed E-state index contributed by atoms with van der Waals surface area (Å²) in [6.07, 6.45) is 7.65. The predicted molar refractivity (Wildman–Crippen MR) is 91.0 cm³/mol. The zero-order valence-electron chi connectivity index (χ0n) is 12.5. The van der Waals surface area contributed by atoms with E-state index in [1.54, 1.807) is 25.6 Å². The van der Waals surface area contributed by atoms with Gasteiger partial charge in [0.2, 0.25) is 0 Å². The summed E-state index contributed by atoms with van der Waals surface area (Å²) in [5.74, 6) is 0. The van der Waals surface area contributed by atoms with E-state index in [1.807, 2.05) is 30.3 Å². The molecule has 2 aromatic heterocycles. The number of nitrogens with one attached hydrogen (secondary N) is 2. The molecule has 6 nitrogen and oxygen atoms in total. The molecule has 0 aliphatic heterocycles. The second-order valence-corrected chi connectivity index (χ2v) is 4.84. The van der Waals surface area contributed by atoms with E-state index < -0.39 is 0 Å². The normalized spacial score (nSPS) is 11.4. The fourth-order valence-corrected chi connectivity index (χ4v) is 2.40. The molecule has 2 N–H and O–H groups in total. The van der Waals surface area contributed by atoms with Crippen molar-refractivity contribution >= 4 is 22.8 Å². The molecule has 6 heteroatoms. The quantitative estimate of drug-likeness (QED) is 0.722. The Labute approximate surface area is 132 Å². The number of rotatable bonds is 4. The number of hydrogen-bond acceptors (Lipinski definition) is 5. The van der Waals surface area contributed by atoms with Crippen LogP contribution in [0, 0.1) is 5.41 Å². The third-order valence-electron chi connectivity index (χ3n) is 3.43. The molecule has 0 radical (unpaired) electrons. The molecule has 0 aliphatic carbocycles. The van der Waals surface area contributed by atoms with E-state index >= 15 is 0 Å². The van der Waals surface area contributed by atoms with Crippen molar-refractivity contribution in [2.24, 2.45) is 0 Å². The van der Waals surface area contributed by atoms with Crippen LogP contribution in [0.2, 0.25) is 0 Å². The fraction of sp³-hybridized carbons (Fsp3) is 0.0588. The Hall–Kier alpha value is -3.28. The first-order chi connectivity index (χ1) is 11.3. The third-order valence-corrected chi connectivity index (χ3v) is 3.43. The van der Waals surface area contributed by atoms with Crippen molar-refractivity contribution in [3.8, 4) is 5.69 Å². The Morgan fingerprint density at radius 3 is 2.52 bits per heavy atom. The fourth-order valence-electron chi connectivity index (χ4n) is 2.40. The van der Waals surface area contributed by atoms with E-state index in [0.29, 0.717) is 16.7 Å². The molecular weight excluding hydrogens is 290 g/mol. The van der Waals surface area contributed by atoms with Crippen LogP contribution in [-0.4, -0.2) is 27.8 Å². The Morgan fingerprint density at radius 2 is 1.87 bits per heavy atom. The van der Waals surface area contributed by atoms with Gasteiger partial charge < -0.3 is 10.7 Å². The third kappa shape index (κ3) is 2.62. The minimum Gasteiger partial charge on any atom is -0.393 e. The molecule has 0 unspecified atom stereocenters. The van der Waals surface area contributed by atoms with E-state index in [4.69, 9.17) is 5.41 Å². The van der Waals surface area contributed by atoms with Crippen molar-refractivity contribution in [1.29, 1.82) is 5.41 Å². The van der Waals surface area contributed by atoms with Crippen LogP contribution >= 0.6 is 0 Å². The van der Waals surface area contributed by atoms with Crippen LogP contribution in [0.25, 0.3) is 22.3 Å². The highest BCUT2D eigenvalue weighted by atomic mass is 16.1. The number of allylic oxidation sites excluding steroid dienone is 1. The summed E-state index contributed by atoms with van der Waals surface area (Å²) < 4.78 is 1.53. The lowest BCUT2D eigenvalue weighted by atomic mass is 10.1. The van der Waals surface area contributed by atoms with Crippen LogP contribution in [0.3, 0.4) is 0 Å². The summed E-state index contributed by atoms with van der Waals surface area (Å²) in [6, 6.07) is 9.31. The van der Waals surface area contributed by atoms with Crippen molar-refractivity contribution in [2.75, 3.05) is 7.05 Å². The van der Waals surface area contributed by atoms with Crippen molar-refractivity contribution < 1.29 is 0 Å². The second-order valence-electron chi connectivity index (χ2n) is 4.84. The van der Waals surface area contributed by atoms with Gasteiger partial charge in [0.25, 0.3) is 5.56 Å². The first-order valence-corrected chi connectivity index (χ1v) is 7.06. The van der Waals surface area contributed by atoms with Crippen LogP contribution in [0.5, 0.6) is 0 Å². The molecule has 0 bridgehead atoms. The molecular formula is C17H15N5O. The zero-order chi connectivity index (χ0) is 16.2. The van der Waals surface area contributed by atoms with E-state index in [0.717, 1.165) is 5.69 Å². The maximum Gasteiger partial charge on any atom is 0.283 e. The van der Waals surface area contributed by atoms with Gasteiger partial charge in [-0.3, -0.25) is 14.3 Å². The minimum atomic E-state index is -0.239. The first-order valence-electron chi connectivity index (χ1n) is 7.06. The summed E-state index contributed by atoms with van der Waals surface area (Å²) in [5.41, 5.74) is 2.54. The van der Waals surface area contributed by atoms with Crippen LogP contribution in [-0.2, 0) is 0 Å². The number of benzene rings is 1. The minimum absolute atomic E-state index is 0.239. The molecule has 0 amide bonds.